The summed E-state index contributed by atoms with van der Waals surface area (Å²) in [5.74, 6) is 0. The molecule has 0 spiro atoms. The minimum absolute atomic E-state index is 0.385. The van der Waals surface area contributed by atoms with Crippen molar-refractivity contribution in [3.05, 3.63) is 24.0 Å². The number of hydrogen-bond donors (Lipinski definition) is 1. The highest BCUT2D eigenvalue weighted by Gasteiger charge is 2.10. The van der Waals surface area contributed by atoms with Crippen molar-refractivity contribution < 1.29 is 9.59 Å². The number of primary amides is 1. The molecule has 5 heteroatoms. The van der Waals surface area contributed by atoms with Crippen LogP contribution in [0.25, 0.3) is 0 Å². The number of nitrogens with zero attached hydrogens (tertiary/aromatic N) is 2. The van der Waals surface area contributed by atoms with E-state index in [4.69, 9.17) is 5.73 Å². The average molecular weight is 179 g/mol. The lowest BCUT2D eigenvalue weighted by atomic mass is 10.2. The molecule has 0 fully saturated rings. The molecule has 1 rings (SSSR count). The number of hydrogen-bond acceptors (Lipinski definition) is 3. The van der Waals surface area contributed by atoms with Gasteiger partial charge in [0.15, 0.2) is 6.29 Å². The molecule has 1 heterocycles. The highest BCUT2D eigenvalue weighted by molar-refractivity contribution is 5.95. The van der Waals surface area contributed by atoms with Gasteiger partial charge in [0, 0.05) is 18.8 Å². The molecule has 1 aromatic rings. The number of amides is 2. The van der Waals surface area contributed by atoms with Crippen LogP contribution >= 0.6 is 0 Å². The highest BCUT2D eigenvalue weighted by Crippen LogP contribution is 2.14. The van der Waals surface area contributed by atoms with E-state index in [9.17, 15) is 9.59 Å². The van der Waals surface area contributed by atoms with Gasteiger partial charge in [0.2, 0.25) is 0 Å². The molecule has 2 N–H and O–H groups in total. The van der Waals surface area contributed by atoms with Crippen molar-refractivity contribution in [3.63, 3.8) is 0 Å². The first-order valence-corrected chi connectivity index (χ1v) is 3.59. The fraction of sp³-hybridized carbons (Fsp3) is 0.125. The van der Waals surface area contributed by atoms with E-state index in [1.807, 2.05) is 0 Å². The second-order valence-corrected chi connectivity index (χ2v) is 2.45. The van der Waals surface area contributed by atoms with E-state index in [0.717, 1.165) is 4.90 Å². The Morgan fingerprint density at radius 2 is 2.38 bits per heavy atom. The molecule has 2 amide bonds. The molecule has 0 atom stereocenters. The Labute approximate surface area is 75.2 Å². The van der Waals surface area contributed by atoms with Gasteiger partial charge in [-0.1, -0.05) is 0 Å². The predicted molar refractivity (Wildman–Crippen MR) is 47.6 cm³/mol. The van der Waals surface area contributed by atoms with Gasteiger partial charge in [-0.25, -0.2) is 4.79 Å². The Kier molecular flexibility index (Phi) is 2.59. The maximum Gasteiger partial charge on any atom is 0.319 e. The van der Waals surface area contributed by atoms with Crippen LogP contribution in [0, 0.1) is 0 Å². The van der Waals surface area contributed by atoms with Crippen LogP contribution < -0.4 is 10.6 Å². The standard InChI is InChI=1S/C8H9N3O2/c1-11(8(9)13)7-4-10-3-2-6(7)5-12/h2-5H,1H3,(H2,9,13). The van der Waals surface area contributed by atoms with Gasteiger partial charge in [-0.05, 0) is 6.07 Å². The number of anilines is 1. The molecule has 5 nitrogen and oxygen atoms in total. The summed E-state index contributed by atoms with van der Waals surface area (Å²) in [5, 5.41) is 0. The maximum absolute atomic E-state index is 10.8. The number of aromatic nitrogens is 1. The Hall–Kier alpha value is -1.91. The van der Waals surface area contributed by atoms with Crippen LogP contribution in [0.2, 0.25) is 0 Å². The number of rotatable bonds is 2. The van der Waals surface area contributed by atoms with Crippen LogP contribution in [-0.2, 0) is 0 Å². The smallest absolute Gasteiger partial charge is 0.319 e. The monoisotopic (exact) mass is 179 g/mol. The van der Waals surface area contributed by atoms with Gasteiger partial charge in [-0.15, -0.1) is 0 Å². The molecule has 0 aliphatic rings. The fourth-order valence-electron chi connectivity index (χ4n) is 0.896. The van der Waals surface area contributed by atoms with E-state index in [-0.39, 0.29) is 0 Å². The first kappa shape index (κ1) is 9.18. The van der Waals surface area contributed by atoms with E-state index in [1.54, 1.807) is 0 Å². The second-order valence-electron chi connectivity index (χ2n) is 2.45. The first-order valence-electron chi connectivity index (χ1n) is 3.59. The third-order valence-electron chi connectivity index (χ3n) is 1.65. The number of nitrogens with two attached hydrogens (primary N) is 1. The summed E-state index contributed by atoms with van der Waals surface area (Å²) in [4.78, 5) is 26.3. The van der Waals surface area contributed by atoms with E-state index < -0.39 is 6.03 Å². The summed E-state index contributed by atoms with van der Waals surface area (Å²) in [6, 6.07) is 0.887. The molecule has 68 valence electrons. The molecule has 0 radical (unpaired) electrons. The quantitative estimate of drug-likeness (QED) is 0.668. The molecule has 0 saturated heterocycles. The fourth-order valence-corrected chi connectivity index (χ4v) is 0.896. The van der Waals surface area contributed by atoms with Crippen molar-refractivity contribution in [2.45, 2.75) is 0 Å². The van der Waals surface area contributed by atoms with Crippen molar-refractivity contribution in [2.75, 3.05) is 11.9 Å². The zero-order valence-electron chi connectivity index (χ0n) is 7.10. The van der Waals surface area contributed by atoms with Crippen molar-refractivity contribution in [1.29, 1.82) is 0 Å². The predicted octanol–water partition coefficient (Wildman–Crippen LogP) is 0.409. The minimum Gasteiger partial charge on any atom is -0.351 e. The normalized spacial score (nSPS) is 9.31. The minimum atomic E-state index is -0.629. The molecule has 0 bridgehead atoms. The van der Waals surface area contributed by atoms with E-state index in [0.29, 0.717) is 17.5 Å². The first-order chi connectivity index (χ1) is 6.16. The van der Waals surface area contributed by atoms with Crippen molar-refractivity contribution in [3.8, 4) is 0 Å². The third kappa shape index (κ3) is 1.81. The summed E-state index contributed by atoms with van der Waals surface area (Å²) in [6.07, 6.45) is 3.53. The highest BCUT2D eigenvalue weighted by atomic mass is 16.2. The number of carbonyl (C=O) groups is 2. The zero-order chi connectivity index (χ0) is 9.84. The van der Waals surface area contributed by atoms with Crippen molar-refractivity contribution in [1.82, 2.24) is 4.98 Å². The van der Waals surface area contributed by atoms with Crippen LogP contribution in [-0.4, -0.2) is 24.3 Å². The molecular formula is C8H9N3O2. The molecule has 0 saturated carbocycles. The number of carbonyl (C=O) groups excluding carboxylic acids is 2. The van der Waals surface area contributed by atoms with Gasteiger partial charge in [0.25, 0.3) is 0 Å². The van der Waals surface area contributed by atoms with Crippen LogP contribution in [0.4, 0.5) is 10.5 Å². The van der Waals surface area contributed by atoms with Gasteiger partial charge in [0.05, 0.1) is 11.9 Å². The van der Waals surface area contributed by atoms with Gasteiger partial charge in [-0.3, -0.25) is 14.7 Å². The Balaban J connectivity index is 3.12. The lowest BCUT2D eigenvalue weighted by Gasteiger charge is -2.14. The summed E-state index contributed by atoms with van der Waals surface area (Å²) in [6.45, 7) is 0. The number of aldehydes is 1. The van der Waals surface area contributed by atoms with Gasteiger partial charge < -0.3 is 5.73 Å². The lowest BCUT2D eigenvalue weighted by molar-refractivity contribution is 0.112. The molecule has 0 unspecified atom stereocenters. The third-order valence-corrected chi connectivity index (χ3v) is 1.65. The molecule has 0 aliphatic carbocycles. The zero-order valence-corrected chi connectivity index (χ0v) is 7.10. The topological polar surface area (TPSA) is 76.3 Å². The molecule has 1 aromatic heterocycles. The molecular weight excluding hydrogens is 170 g/mol. The second kappa shape index (κ2) is 3.66. The largest absolute Gasteiger partial charge is 0.351 e. The van der Waals surface area contributed by atoms with Gasteiger partial charge >= 0.3 is 6.03 Å². The summed E-state index contributed by atoms with van der Waals surface area (Å²) in [5.41, 5.74) is 5.83. The lowest BCUT2D eigenvalue weighted by Crippen LogP contribution is -2.32. The maximum atomic E-state index is 10.8. The van der Waals surface area contributed by atoms with Crippen molar-refractivity contribution >= 4 is 18.0 Å². The van der Waals surface area contributed by atoms with Crippen LogP contribution in [0.1, 0.15) is 10.4 Å². The molecule has 13 heavy (non-hydrogen) atoms. The Morgan fingerprint density at radius 1 is 1.69 bits per heavy atom. The van der Waals surface area contributed by atoms with E-state index in [2.05, 4.69) is 4.98 Å². The SMILES string of the molecule is CN(C(N)=O)c1cnccc1C=O. The van der Waals surface area contributed by atoms with Crippen LogP contribution in [0.5, 0.6) is 0 Å². The van der Waals surface area contributed by atoms with Crippen molar-refractivity contribution in [2.24, 2.45) is 5.73 Å². The average Bonchev–Trinajstić information content (AvgIpc) is 2.16. The van der Waals surface area contributed by atoms with Crippen LogP contribution in [0.15, 0.2) is 18.5 Å². The van der Waals surface area contributed by atoms with Gasteiger partial charge in [-0.2, -0.15) is 0 Å². The number of pyridine rings is 1. The van der Waals surface area contributed by atoms with E-state index >= 15 is 0 Å². The summed E-state index contributed by atoms with van der Waals surface area (Å²) >= 11 is 0. The van der Waals surface area contributed by atoms with Crippen LogP contribution in [0.3, 0.4) is 0 Å². The summed E-state index contributed by atoms with van der Waals surface area (Å²) < 4.78 is 0. The van der Waals surface area contributed by atoms with E-state index in [1.165, 1.54) is 25.5 Å². The molecule has 0 aliphatic heterocycles. The number of urea groups is 1. The Morgan fingerprint density at radius 3 is 2.92 bits per heavy atom. The summed E-state index contributed by atoms with van der Waals surface area (Å²) in [7, 11) is 1.48. The molecule has 0 aromatic carbocycles. The Bertz CT molecular complexity index is 338. The van der Waals surface area contributed by atoms with Gasteiger partial charge in [0.1, 0.15) is 0 Å².